The Labute approximate surface area is 87.1 Å². The molecular weight excluding hydrogens is 196 g/mol. The van der Waals surface area contributed by atoms with E-state index < -0.39 is 0 Å². The van der Waals surface area contributed by atoms with Crippen LogP contribution in [0.3, 0.4) is 0 Å². The average molecular weight is 210 g/mol. The molecule has 1 aliphatic heterocycles. The van der Waals surface area contributed by atoms with E-state index in [1.807, 2.05) is 0 Å². The van der Waals surface area contributed by atoms with Crippen molar-refractivity contribution in [2.75, 3.05) is 18.5 Å². The van der Waals surface area contributed by atoms with Gasteiger partial charge in [0.1, 0.15) is 5.69 Å². The van der Waals surface area contributed by atoms with Gasteiger partial charge in [0, 0.05) is 13.2 Å². The van der Waals surface area contributed by atoms with Crippen LogP contribution in [0.15, 0.2) is 4.79 Å². The standard InChI is InChI=1S/C9H14N4O2/c1-6-8(14)11-9(13-12-6)10-5-7-3-2-4-15-7/h7H,2-5H2,1H3,(H2,10,11,13,14)/t7-/m1/s1. The van der Waals surface area contributed by atoms with Crippen LogP contribution in [-0.2, 0) is 4.74 Å². The van der Waals surface area contributed by atoms with Gasteiger partial charge in [-0.2, -0.15) is 0 Å². The van der Waals surface area contributed by atoms with Crippen molar-refractivity contribution >= 4 is 5.95 Å². The lowest BCUT2D eigenvalue weighted by atomic mass is 10.2. The largest absolute Gasteiger partial charge is 0.376 e. The Bertz CT molecular complexity index is 384. The summed E-state index contributed by atoms with van der Waals surface area (Å²) in [6.07, 6.45) is 2.37. The number of aromatic amines is 1. The number of nitrogens with one attached hydrogen (secondary N) is 2. The molecule has 2 rings (SSSR count). The van der Waals surface area contributed by atoms with E-state index in [-0.39, 0.29) is 11.7 Å². The fraction of sp³-hybridized carbons (Fsp3) is 0.667. The zero-order valence-electron chi connectivity index (χ0n) is 8.62. The summed E-state index contributed by atoms with van der Waals surface area (Å²) in [6.45, 7) is 3.10. The maximum absolute atomic E-state index is 11.2. The number of aromatic nitrogens is 3. The molecule has 0 aliphatic carbocycles. The zero-order chi connectivity index (χ0) is 10.7. The number of H-pyrrole nitrogens is 1. The summed E-state index contributed by atoms with van der Waals surface area (Å²) in [5, 5.41) is 10.6. The van der Waals surface area contributed by atoms with Gasteiger partial charge < -0.3 is 10.1 Å². The van der Waals surface area contributed by atoms with Gasteiger partial charge in [0.15, 0.2) is 0 Å². The minimum Gasteiger partial charge on any atom is -0.376 e. The van der Waals surface area contributed by atoms with Crippen LogP contribution in [0.2, 0.25) is 0 Å². The molecule has 6 heteroatoms. The number of anilines is 1. The van der Waals surface area contributed by atoms with E-state index in [0.717, 1.165) is 19.4 Å². The minimum absolute atomic E-state index is 0.208. The highest BCUT2D eigenvalue weighted by Gasteiger charge is 2.15. The molecule has 6 nitrogen and oxygen atoms in total. The van der Waals surface area contributed by atoms with E-state index in [4.69, 9.17) is 4.74 Å². The van der Waals surface area contributed by atoms with Crippen LogP contribution in [-0.4, -0.2) is 34.4 Å². The quantitative estimate of drug-likeness (QED) is 0.737. The second-order valence-electron chi connectivity index (χ2n) is 3.60. The van der Waals surface area contributed by atoms with Gasteiger partial charge in [-0.1, -0.05) is 0 Å². The molecule has 0 radical (unpaired) electrons. The van der Waals surface area contributed by atoms with Crippen molar-refractivity contribution in [3.8, 4) is 0 Å². The first-order chi connectivity index (χ1) is 7.25. The predicted octanol–water partition coefficient (Wildman–Crippen LogP) is 0.0642. The molecule has 2 N–H and O–H groups in total. The molecule has 0 spiro atoms. The van der Waals surface area contributed by atoms with Gasteiger partial charge in [-0.3, -0.25) is 9.78 Å². The van der Waals surface area contributed by atoms with Crippen molar-refractivity contribution in [3.63, 3.8) is 0 Å². The highest BCUT2D eigenvalue weighted by molar-refractivity contribution is 5.21. The monoisotopic (exact) mass is 210 g/mol. The number of hydrogen-bond acceptors (Lipinski definition) is 5. The zero-order valence-corrected chi connectivity index (χ0v) is 8.62. The number of ether oxygens (including phenoxy) is 1. The van der Waals surface area contributed by atoms with Crippen molar-refractivity contribution < 1.29 is 4.74 Å². The van der Waals surface area contributed by atoms with Crippen molar-refractivity contribution in [1.29, 1.82) is 0 Å². The molecule has 0 unspecified atom stereocenters. The molecule has 0 aromatic carbocycles. The Kier molecular flexibility index (Phi) is 2.96. The maximum Gasteiger partial charge on any atom is 0.273 e. The molecule has 0 amide bonds. The molecule has 1 saturated heterocycles. The van der Waals surface area contributed by atoms with Gasteiger partial charge >= 0.3 is 0 Å². The van der Waals surface area contributed by atoms with Crippen LogP contribution >= 0.6 is 0 Å². The smallest absolute Gasteiger partial charge is 0.273 e. The van der Waals surface area contributed by atoms with Crippen molar-refractivity contribution in [3.05, 3.63) is 16.0 Å². The van der Waals surface area contributed by atoms with E-state index >= 15 is 0 Å². The first-order valence-electron chi connectivity index (χ1n) is 5.05. The minimum atomic E-state index is -0.208. The molecule has 0 bridgehead atoms. The molecule has 0 saturated carbocycles. The predicted molar refractivity (Wildman–Crippen MR) is 54.9 cm³/mol. The van der Waals surface area contributed by atoms with E-state index in [9.17, 15) is 4.79 Å². The number of nitrogens with zero attached hydrogens (tertiary/aromatic N) is 2. The molecule has 1 fully saturated rings. The first-order valence-corrected chi connectivity index (χ1v) is 5.05. The second kappa shape index (κ2) is 4.39. The molecule has 1 atom stereocenters. The highest BCUT2D eigenvalue weighted by atomic mass is 16.5. The summed E-state index contributed by atoms with van der Waals surface area (Å²) in [5.41, 5.74) is 0.164. The number of hydrogen-bond donors (Lipinski definition) is 2. The Balaban J connectivity index is 1.93. The van der Waals surface area contributed by atoms with Crippen LogP contribution in [0, 0.1) is 6.92 Å². The molecule has 2 heterocycles. The van der Waals surface area contributed by atoms with E-state index in [0.29, 0.717) is 18.2 Å². The van der Waals surface area contributed by atoms with Crippen molar-refractivity contribution in [1.82, 2.24) is 15.2 Å². The molecule has 15 heavy (non-hydrogen) atoms. The average Bonchev–Trinajstić information content (AvgIpc) is 2.73. The van der Waals surface area contributed by atoms with Crippen LogP contribution in [0.4, 0.5) is 5.95 Å². The van der Waals surface area contributed by atoms with Crippen LogP contribution < -0.4 is 10.9 Å². The van der Waals surface area contributed by atoms with Crippen molar-refractivity contribution in [2.24, 2.45) is 0 Å². The third-order valence-electron chi connectivity index (χ3n) is 2.38. The first kappa shape index (κ1) is 10.1. The summed E-state index contributed by atoms with van der Waals surface area (Å²) in [6, 6.07) is 0. The fourth-order valence-corrected chi connectivity index (χ4v) is 1.49. The van der Waals surface area contributed by atoms with E-state index in [1.54, 1.807) is 6.92 Å². The Hall–Kier alpha value is -1.43. The third kappa shape index (κ3) is 2.53. The Morgan fingerprint density at radius 1 is 1.60 bits per heavy atom. The lowest BCUT2D eigenvalue weighted by Gasteiger charge is -2.10. The SMILES string of the molecule is Cc1nnc(NC[C@H]2CCCO2)[nH]c1=O. The second-order valence-corrected chi connectivity index (χ2v) is 3.60. The molecule has 82 valence electrons. The number of rotatable bonds is 3. The molecule has 1 aliphatic rings. The van der Waals surface area contributed by atoms with Gasteiger partial charge in [-0.25, -0.2) is 0 Å². The van der Waals surface area contributed by atoms with Gasteiger partial charge in [0.2, 0.25) is 5.95 Å². The maximum atomic E-state index is 11.2. The number of aryl methyl sites for hydroxylation is 1. The normalized spacial score (nSPS) is 20.5. The summed E-state index contributed by atoms with van der Waals surface area (Å²) < 4.78 is 5.43. The molecular formula is C9H14N4O2. The van der Waals surface area contributed by atoms with Crippen LogP contribution in [0.5, 0.6) is 0 Å². The van der Waals surface area contributed by atoms with Gasteiger partial charge in [-0.15, -0.1) is 10.2 Å². The highest BCUT2D eigenvalue weighted by Crippen LogP contribution is 2.11. The van der Waals surface area contributed by atoms with Crippen molar-refractivity contribution in [2.45, 2.75) is 25.9 Å². The molecule has 1 aromatic heterocycles. The fourth-order valence-electron chi connectivity index (χ4n) is 1.49. The lowest BCUT2D eigenvalue weighted by Crippen LogP contribution is -2.23. The van der Waals surface area contributed by atoms with Crippen LogP contribution in [0.25, 0.3) is 0 Å². The summed E-state index contributed by atoms with van der Waals surface area (Å²) in [4.78, 5) is 13.8. The summed E-state index contributed by atoms with van der Waals surface area (Å²) >= 11 is 0. The third-order valence-corrected chi connectivity index (χ3v) is 2.38. The van der Waals surface area contributed by atoms with Gasteiger partial charge in [-0.05, 0) is 19.8 Å². The van der Waals surface area contributed by atoms with Gasteiger partial charge in [0.05, 0.1) is 6.10 Å². The topological polar surface area (TPSA) is 79.9 Å². The van der Waals surface area contributed by atoms with Gasteiger partial charge in [0.25, 0.3) is 5.56 Å². The summed E-state index contributed by atoms with van der Waals surface area (Å²) in [7, 11) is 0. The Morgan fingerprint density at radius 2 is 2.47 bits per heavy atom. The summed E-state index contributed by atoms with van der Waals surface area (Å²) in [5.74, 6) is 0.404. The van der Waals surface area contributed by atoms with Crippen LogP contribution in [0.1, 0.15) is 18.5 Å². The Morgan fingerprint density at radius 3 is 3.13 bits per heavy atom. The van der Waals surface area contributed by atoms with E-state index in [1.165, 1.54) is 0 Å². The van der Waals surface area contributed by atoms with E-state index in [2.05, 4.69) is 20.5 Å². The molecule has 1 aromatic rings. The lowest BCUT2D eigenvalue weighted by molar-refractivity contribution is 0.120.